The van der Waals surface area contributed by atoms with Gasteiger partial charge in [-0.05, 0) is 24.6 Å². The van der Waals surface area contributed by atoms with Gasteiger partial charge in [-0.3, -0.25) is 10.2 Å². The fraction of sp³-hybridized carbons (Fsp3) is 0.231. The third-order valence-corrected chi connectivity index (χ3v) is 2.90. The molecule has 1 aromatic carbocycles. The Hall–Kier alpha value is -2.32. The number of nitriles is 1. The third-order valence-electron chi connectivity index (χ3n) is 2.90. The monoisotopic (exact) mass is 242 g/mol. The van der Waals surface area contributed by atoms with E-state index in [1.165, 1.54) is 0 Å². The van der Waals surface area contributed by atoms with Crippen LogP contribution in [0.1, 0.15) is 18.4 Å². The number of hydrogen-bond donors (Lipinski definition) is 2. The minimum absolute atomic E-state index is 0.163. The molecule has 0 aliphatic rings. The minimum atomic E-state index is -0.163. The highest BCUT2D eigenvalue weighted by Crippen LogP contribution is 2.20. The fourth-order valence-electron chi connectivity index (χ4n) is 2.00. The quantitative estimate of drug-likeness (QED) is 0.481. The number of aromatic nitrogens is 1. The molecule has 5 nitrogen and oxygen atoms in total. The molecule has 2 rings (SSSR count). The van der Waals surface area contributed by atoms with E-state index in [4.69, 9.17) is 11.1 Å². The maximum atomic E-state index is 11.0. The topological polar surface area (TPSA) is 83.8 Å². The van der Waals surface area contributed by atoms with Gasteiger partial charge in [0.05, 0.1) is 11.6 Å². The van der Waals surface area contributed by atoms with E-state index in [1.807, 2.05) is 29.0 Å². The number of aryl methyl sites for hydroxylation is 1. The van der Waals surface area contributed by atoms with Gasteiger partial charge in [-0.1, -0.05) is 6.07 Å². The lowest BCUT2D eigenvalue weighted by Crippen LogP contribution is -2.29. The Labute approximate surface area is 105 Å². The average Bonchev–Trinajstić information content (AvgIpc) is 2.82. The van der Waals surface area contributed by atoms with Crippen molar-refractivity contribution < 1.29 is 4.79 Å². The molecular formula is C13H14N4O. The molecule has 0 radical (unpaired) electrons. The molecule has 2 aromatic rings. The maximum absolute atomic E-state index is 11.0. The number of carbonyl (C=O) groups excluding carboxylic acids is 1. The van der Waals surface area contributed by atoms with Crippen molar-refractivity contribution in [2.45, 2.75) is 19.4 Å². The van der Waals surface area contributed by atoms with E-state index in [1.54, 1.807) is 6.07 Å². The van der Waals surface area contributed by atoms with Crippen LogP contribution in [0.4, 0.5) is 0 Å². The summed E-state index contributed by atoms with van der Waals surface area (Å²) >= 11 is 0. The molecule has 1 amide bonds. The lowest BCUT2D eigenvalue weighted by molar-refractivity contribution is -0.121. The molecule has 0 saturated heterocycles. The molecule has 0 fully saturated rings. The third kappa shape index (κ3) is 2.34. The first-order valence-electron chi connectivity index (χ1n) is 5.73. The zero-order valence-electron chi connectivity index (χ0n) is 9.89. The largest absolute Gasteiger partial charge is 0.347 e. The summed E-state index contributed by atoms with van der Waals surface area (Å²) in [6.07, 6.45) is 3.05. The molecule has 0 bridgehead atoms. The van der Waals surface area contributed by atoms with E-state index in [-0.39, 0.29) is 5.91 Å². The Morgan fingerprint density at radius 3 is 3.00 bits per heavy atom. The number of hydrazine groups is 1. The number of nitrogens with two attached hydrogens (primary N) is 1. The highest BCUT2D eigenvalue weighted by atomic mass is 16.2. The molecule has 0 unspecified atom stereocenters. The number of nitrogens with one attached hydrogen (secondary N) is 1. The van der Waals surface area contributed by atoms with Crippen molar-refractivity contribution >= 4 is 16.8 Å². The number of benzene rings is 1. The summed E-state index contributed by atoms with van der Waals surface area (Å²) in [6.45, 7) is 0.728. The lowest BCUT2D eigenvalue weighted by atomic mass is 10.1. The van der Waals surface area contributed by atoms with Crippen LogP contribution in [-0.4, -0.2) is 10.5 Å². The van der Waals surface area contributed by atoms with Gasteiger partial charge in [-0.2, -0.15) is 5.26 Å². The van der Waals surface area contributed by atoms with Crippen LogP contribution in [0.5, 0.6) is 0 Å². The van der Waals surface area contributed by atoms with Crippen LogP contribution in [0, 0.1) is 11.3 Å². The van der Waals surface area contributed by atoms with E-state index in [2.05, 4.69) is 11.5 Å². The Morgan fingerprint density at radius 1 is 1.44 bits per heavy atom. The molecular weight excluding hydrogens is 228 g/mol. The van der Waals surface area contributed by atoms with Gasteiger partial charge in [0.25, 0.3) is 0 Å². The molecule has 5 heteroatoms. The Kier molecular flexibility index (Phi) is 3.60. The molecule has 0 spiro atoms. The summed E-state index contributed by atoms with van der Waals surface area (Å²) in [6, 6.07) is 9.74. The van der Waals surface area contributed by atoms with Gasteiger partial charge >= 0.3 is 0 Å². The Morgan fingerprint density at radius 2 is 2.28 bits per heavy atom. The molecule has 0 saturated carbocycles. The number of nitrogens with zero attached hydrogens (tertiary/aromatic N) is 2. The normalized spacial score (nSPS) is 10.2. The predicted octanol–water partition coefficient (Wildman–Crippen LogP) is 1.28. The summed E-state index contributed by atoms with van der Waals surface area (Å²) in [4.78, 5) is 11.0. The van der Waals surface area contributed by atoms with Crippen LogP contribution in [-0.2, 0) is 11.3 Å². The van der Waals surface area contributed by atoms with E-state index < -0.39 is 0 Å². The van der Waals surface area contributed by atoms with Crippen molar-refractivity contribution in [2.75, 3.05) is 0 Å². The van der Waals surface area contributed by atoms with Crippen LogP contribution in [0.2, 0.25) is 0 Å². The van der Waals surface area contributed by atoms with E-state index in [9.17, 15) is 4.79 Å². The second-order valence-electron chi connectivity index (χ2n) is 4.03. The number of fused-ring (bicyclic) bond motifs is 1. The number of rotatable bonds is 4. The van der Waals surface area contributed by atoms with Crippen LogP contribution >= 0.6 is 0 Å². The van der Waals surface area contributed by atoms with Crippen LogP contribution < -0.4 is 11.3 Å². The fourth-order valence-corrected chi connectivity index (χ4v) is 2.00. The van der Waals surface area contributed by atoms with Crippen molar-refractivity contribution in [3.8, 4) is 6.07 Å². The Balaban J connectivity index is 2.15. The molecule has 92 valence electrons. The number of carbonyl (C=O) groups is 1. The summed E-state index contributed by atoms with van der Waals surface area (Å²) in [5.74, 6) is 4.85. The summed E-state index contributed by atoms with van der Waals surface area (Å²) < 4.78 is 2.04. The first-order chi connectivity index (χ1) is 8.76. The molecule has 0 aliphatic heterocycles. The second kappa shape index (κ2) is 5.34. The predicted molar refractivity (Wildman–Crippen MR) is 68.2 cm³/mol. The first-order valence-corrected chi connectivity index (χ1v) is 5.73. The smallest absolute Gasteiger partial charge is 0.233 e. The first kappa shape index (κ1) is 12.1. The summed E-state index contributed by atoms with van der Waals surface area (Å²) in [5, 5.41) is 9.95. The standard InChI is InChI=1S/C13H14N4O/c14-9-10-3-1-4-12-11(10)6-8-17(12)7-2-5-13(18)16-15/h1,3-4,6,8H,2,5,7,15H2,(H,16,18). The van der Waals surface area contributed by atoms with Crippen molar-refractivity contribution in [2.24, 2.45) is 5.84 Å². The van der Waals surface area contributed by atoms with Gasteiger partial charge in [-0.25, -0.2) is 5.84 Å². The average molecular weight is 242 g/mol. The summed E-state index contributed by atoms with van der Waals surface area (Å²) in [7, 11) is 0. The highest BCUT2D eigenvalue weighted by Gasteiger charge is 2.05. The van der Waals surface area contributed by atoms with Gasteiger partial charge in [0.2, 0.25) is 5.91 Å². The van der Waals surface area contributed by atoms with Crippen molar-refractivity contribution in [1.29, 1.82) is 5.26 Å². The molecule has 1 heterocycles. The number of amides is 1. The minimum Gasteiger partial charge on any atom is -0.347 e. The van der Waals surface area contributed by atoms with E-state index >= 15 is 0 Å². The SMILES string of the molecule is N#Cc1cccc2c1ccn2CCCC(=O)NN. The van der Waals surface area contributed by atoms with Crippen molar-refractivity contribution in [3.63, 3.8) is 0 Å². The molecule has 18 heavy (non-hydrogen) atoms. The van der Waals surface area contributed by atoms with Gasteiger partial charge in [0.15, 0.2) is 0 Å². The zero-order valence-corrected chi connectivity index (χ0v) is 9.89. The summed E-state index contributed by atoms with van der Waals surface area (Å²) in [5.41, 5.74) is 3.80. The second-order valence-corrected chi connectivity index (χ2v) is 4.03. The van der Waals surface area contributed by atoms with Gasteiger partial charge in [0.1, 0.15) is 0 Å². The lowest BCUT2D eigenvalue weighted by Gasteiger charge is -2.05. The van der Waals surface area contributed by atoms with Crippen LogP contribution in [0.3, 0.4) is 0 Å². The van der Waals surface area contributed by atoms with Crippen LogP contribution in [0.15, 0.2) is 30.5 Å². The molecule has 0 atom stereocenters. The van der Waals surface area contributed by atoms with E-state index in [0.29, 0.717) is 18.4 Å². The maximum Gasteiger partial charge on any atom is 0.233 e. The van der Waals surface area contributed by atoms with Crippen LogP contribution in [0.25, 0.3) is 10.9 Å². The van der Waals surface area contributed by atoms with Crippen molar-refractivity contribution in [3.05, 3.63) is 36.0 Å². The van der Waals surface area contributed by atoms with E-state index in [0.717, 1.165) is 17.4 Å². The highest BCUT2D eigenvalue weighted by molar-refractivity contribution is 5.86. The zero-order chi connectivity index (χ0) is 13.0. The number of hydrogen-bond acceptors (Lipinski definition) is 3. The molecule has 1 aromatic heterocycles. The van der Waals surface area contributed by atoms with Gasteiger partial charge in [-0.15, -0.1) is 0 Å². The van der Waals surface area contributed by atoms with Gasteiger partial charge in [0, 0.05) is 30.1 Å². The molecule has 0 aliphatic carbocycles. The van der Waals surface area contributed by atoms with Crippen molar-refractivity contribution in [1.82, 2.24) is 9.99 Å². The Bertz CT molecular complexity index is 609. The van der Waals surface area contributed by atoms with Gasteiger partial charge < -0.3 is 4.57 Å². The molecule has 3 N–H and O–H groups in total.